The predicted octanol–water partition coefficient (Wildman–Crippen LogP) is 7.80. The van der Waals surface area contributed by atoms with Crippen molar-refractivity contribution in [1.82, 2.24) is 0 Å². The second kappa shape index (κ2) is 10.7. The Balaban J connectivity index is 1.45. The standard InChI is InChI=1S/C28H20Br2N2O2/c1-18-13-25(29)27(26(30)14-18)32-28(33)22(16-31)15-19-9-11-23(12-10-19)34-17-21-7-4-6-20-5-2-3-8-24(20)21/h2-15H,17H2,1H3,(H,32,33)/b22-15+. The number of aryl methyl sites for hydroxylation is 1. The van der Waals surface area contributed by atoms with E-state index in [1.165, 1.54) is 10.8 Å². The molecule has 34 heavy (non-hydrogen) atoms. The first kappa shape index (κ1) is 23.7. The van der Waals surface area contributed by atoms with E-state index >= 15 is 0 Å². The molecule has 0 radical (unpaired) electrons. The van der Waals surface area contributed by atoms with Gasteiger partial charge in [-0.3, -0.25) is 4.79 Å². The summed E-state index contributed by atoms with van der Waals surface area (Å²) in [5.74, 6) is 0.226. The molecule has 0 aliphatic heterocycles. The first-order valence-electron chi connectivity index (χ1n) is 10.5. The molecule has 0 bridgehead atoms. The highest BCUT2D eigenvalue weighted by Crippen LogP contribution is 2.32. The minimum atomic E-state index is -0.482. The van der Waals surface area contributed by atoms with Crippen LogP contribution in [0.5, 0.6) is 5.75 Å². The number of nitrogens with zero attached hydrogens (tertiary/aromatic N) is 1. The number of amides is 1. The van der Waals surface area contributed by atoms with Crippen LogP contribution in [-0.2, 0) is 11.4 Å². The quantitative estimate of drug-likeness (QED) is 0.188. The molecular formula is C28H20Br2N2O2. The first-order valence-corrected chi connectivity index (χ1v) is 12.1. The van der Waals surface area contributed by atoms with Gasteiger partial charge in [-0.05, 0) is 96.6 Å². The summed E-state index contributed by atoms with van der Waals surface area (Å²) >= 11 is 6.91. The molecule has 0 saturated heterocycles. The SMILES string of the molecule is Cc1cc(Br)c(NC(=O)/C(C#N)=C/c2ccc(OCc3cccc4ccccc34)cc2)c(Br)c1. The highest BCUT2D eigenvalue weighted by molar-refractivity contribution is 9.11. The van der Waals surface area contributed by atoms with Crippen molar-refractivity contribution in [3.63, 3.8) is 0 Å². The fourth-order valence-electron chi connectivity index (χ4n) is 3.56. The van der Waals surface area contributed by atoms with E-state index in [0.717, 1.165) is 25.6 Å². The zero-order valence-corrected chi connectivity index (χ0v) is 21.5. The van der Waals surface area contributed by atoms with Crippen LogP contribution in [0.15, 0.2) is 93.4 Å². The van der Waals surface area contributed by atoms with Crippen molar-refractivity contribution in [3.05, 3.63) is 110 Å². The second-order valence-corrected chi connectivity index (χ2v) is 9.43. The van der Waals surface area contributed by atoms with Crippen LogP contribution in [-0.4, -0.2) is 5.91 Å². The summed E-state index contributed by atoms with van der Waals surface area (Å²) in [4.78, 5) is 12.7. The fourth-order valence-corrected chi connectivity index (χ4v) is 5.17. The largest absolute Gasteiger partial charge is 0.489 e. The summed E-state index contributed by atoms with van der Waals surface area (Å²) in [5, 5.41) is 14.7. The molecule has 6 heteroatoms. The number of nitrogens with one attached hydrogen (secondary N) is 1. The van der Waals surface area contributed by atoms with Gasteiger partial charge in [0.25, 0.3) is 5.91 Å². The third kappa shape index (κ3) is 5.56. The molecule has 0 fully saturated rings. The Bertz CT molecular complexity index is 1410. The fraction of sp³-hybridized carbons (Fsp3) is 0.0714. The number of ether oxygens (including phenoxy) is 1. The van der Waals surface area contributed by atoms with Crippen LogP contribution in [0.4, 0.5) is 5.69 Å². The van der Waals surface area contributed by atoms with Crippen molar-refractivity contribution in [2.75, 3.05) is 5.32 Å². The summed E-state index contributed by atoms with van der Waals surface area (Å²) in [6.07, 6.45) is 1.56. The van der Waals surface area contributed by atoms with E-state index in [0.29, 0.717) is 18.0 Å². The monoisotopic (exact) mass is 574 g/mol. The molecule has 0 heterocycles. The lowest BCUT2D eigenvalue weighted by Gasteiger charge is -2.11. The van der Waals surface area contributed by atoms with Crippen molar-refractivity contribution in [2.24, 2.45) is 0 Å². The Morgan fingerprint density at radius 1 is 1.00 bits per heavy atom. The maximum absolute atomic E-state index is 12.7. The molecule has 4 aromatic carbocycles. The maximum atomic E-state index is 12.7. The minimum absolute atomic E-state index is 0.00352. The van der Waals surface area contributed by atoms with Gasteiger partial charge >= 0.3 is 0 Å². The molecule has 0 atom stereocenters. The van der Waals surface area contributed by atoms with Crippen molar-refractivity contribution in [3.8, 4) is 11.8 Å². The van der Waals surface area contributed by atoms with Gasteiger partial charge in [-0.1, -0.05) is 54.6 Å². The second-order valence-electron chi connectivity index (χ2n) is 7.72. The topological polar surface area (TPSA) is 62.1 Å². The zero-order valence-electron chi connectivity index (χ0n) is 18.3. The minimum Gasteiger partial charge on any atom is -0.489 e. The summed E-state index contributed by atoms with van der Waals surface area (Å²) < 4.78 is 7.44. The Morgan fingerprint density at radius 2 is 1.68 bits per heavy atom. The van der Waals surface area contributed by atoms with Crippen LogP contribution in [0.1, 0.15) is 16.7 Å². The molecule has 168 valence electrons. The lowest BCUT2D eigenvalue weighted by Crippen LogP contribution is -2.14. The third-order valence-corrected chi connectivity index (χ3v) is 6.51. The highest BCUT2D eigenvalue weighted by atomic mass is 79.9. The summed E-state index contributed by atoms with van der Waals surface area (Å²) in [7, 11) is 0. The van der Waals surface area contributed by atoms with Crippen LogP contribution in [0.25, 0.3) is 16.8 Å². The van der Waals surface area contributed by atoms with E-state index in [9.17, 15) is 10.1 Å². The lowest BCUT2D eigenvalue weighted by molar-refractivity contribution is -0.112. The van der Waals surface area contributed by atoms with Gasteiger partial charge < -0.3 is 10.1 Å². The van der Waals surface area contributed by atoms with Gasteiger partial charge in [0.15, 0.2) is 0 Å². The zero-order chi connectivity index (χ0) is 24.1. The number of fused-ring (bicyclic) bond motifs is 1. The lowest BCUT2D eigenvalue weighted by atomic mass is 10.1. The average molecular weight is 576 g/mol. The number of nitriles is 1. The van der Waals surface area contributed by atoms with Crippen LogP contribution >= 0.6 is 31.9 Å². The normalized spacial score (nSPS) is 11.2. The number of carbonyl (C=O) groups is 1. The van der Waals surface area contributed by atoms with Gasteiger partial charge in [-0.15, -0.1) is 0 Å². The number of hydrogen-bond donors (Lipinski definition) is 1. The first-order chi connectivity index (χ1) is 16.4. The molecule has 0 spiro atoms. The van der Waals surface area contributed by atoms with E-state index in [2.05, 4.69) is 61.4 Å². The Morgan fingerprint density at radius 3 is 2.38 bits per heavy atom. The number of benzene rings is 4. The number of hydrogen-bond acceptors (Lipinski definition) is 3. The van der Waals surface area contributed by atoms with Crippen molar-refractivity contribution >= 4 is 60.3 Å². The van der Waals surface area contributed by atoms with E-state index in [1.807, 2.05) is 67.6 Å². The Labute approximate surface area is 215 Å². The molecule has 4 rings (SSSR count). The van der Waals surface area contributed by atoms with Crippen molar-refractivity contribution < 1.29 is 9.53 Å². The van der Waals surface area contributed by atoms with Gasteiger partial charge in [0, 0.05) is 8.95 Å². The molecule has 0 unspecified atom stereocenters. The number of anilines is 1. The van der Waals surface area contributed by atoms with E-state index in [1.54, 1.807) is 6.08 Å². The van der Waals surface area contributed by atoms with Crippen molar-refractivity contribution in [2.45, 2.75) is 13.5 Å². The predicted molar refractivity (Wildman–Crippen MR) is 144 cm³/mol. The third-order valence-electron chi connectivity index (χ3n) is 5.26. The van der Waals surface area contributed by atoms with Crippen LogP contribution in [0.2, 0.25) is 0 Å². The van der Waals surface area contributed by atoms with E-state index in [-0.39, 0.29) is 5.57 Å². The molecule has 0 aliphatic carbocycles. The van der Waals surface area contributed by atoms with Gasteiger partial charge in [-0.2, -0.15) is 5.26 Å². The number of rotatable bonds is 6. The van der Waals surface area contributed by atoms with E-state index < -0.39 is 5.91 Å². The summed E-state index contributed by atoms with van der Waals surface area (Å²) in [5.41, 5.74) is 3.46. The Hall–Kier alpha value is -3.40. The smallest absolute Gasteiger partial charge is 0.266 e. The van der Waals surface area contributed by atoms with Gasteiger partial charge in [0.2, 0.25) is 0 Å². The number of halogens is 2. The van der Waals surface area contributed by atoms with Gasteiger partial charge in [0.1, 0.15) is 24.0 Å². The van der Waals surface area contributed by atoms with Crippen molar-refractivity contribution in [1.29, 1.82) is 5.26 Å². The molecule has 0 saturated carbocycles. The molecule has 0 aromatic heterocycles. The maximum Gasteiger partial charge on any atom is 0.266 e. The van der Waals surface area contributed by atoms with E-state index in [4.69, 9.17) is 4.74 Å². The van der Waals surface area contributed by atoms with Gasteiger partial charge in [0.05, 0.1) is 5.69 Å². The van der Waals surface area contributed by atoms with Crippen LogP contribution < -0.4 is 10.1 Å². The average Bonchev–Trinajstić information content (AvgIpc) is 2.84. The highest BCUT2D eigenvalue weighted by Gasteiger charge is 2.14. The summed E-state index contributed by atoms with van der Waals surface area (Å²) in [6.45, 7) is 2.40. The van der Waals surface area contributed by atoms with Gasteiger partial charge in [-0.25, -0.2) is 0 Å². The van der Waals surface area contributed by atoms with Crippen LogP contribution in [0, 0.1) is 18.3 Å². The molecule has 1 amide bonds. The summed E-state index contributed by atoms with van der Waals surface area (Å²) in [6, 6.07) is 27.5. The Kier molecular flexibility index (Phi) is 7.46. The molecule has 4 nitrogen and oxygen atoms in total. The molecular weight excluding hydrogens is 556 g/mol. The molecule has 1 N–H and O–H groups in total. The number of carbonyl (C=O) groups excluding carboxylic acids is 1. The molecule has 0 aliphatic rings. The van der Waals surface area contributed by atoms with Crippen LogP contribution in [0.3, 0.4) is 0 Å². The molecule has 4 aromatic rings.